The average molecular weight is 566 g/mol. The summed E-state index contributed by atoms with van der Waals surface area (Å²) in [5.41, 5.74) is 3.68. The van der Waals surface area contributed by atoms with Gasteiger partial charge in [0, 0.05) is 28.4 Å². The van der Waals surface area contributed by atoms with Crippen LogP contribution >= 0.6 is 11.8 Å². The zero-order valence-electron chi connectivity index (χ0n) is 22.2. The molecule has 1 aliphatic heterocycles. The molecule has 6 nitrogen and oxygen atoms in total. The molecule has 2 N–H and O–H groups in total. The Bertz CT molecular complexity index is 1570. The van der Waals surface area contributed by atoms with Crippen LogP contribution in [0.25, 0.3) is 6.08 Å². The molecular formula is C33H28FN3O3S. The second kappa shape index (κ2) is 13.1. The highest BCUT2D eigenvalue weighted by Crippen LogP contribution is 2.28. The van der Waals surface area contributed by atoms with Gasteiger partial charge in [0.05, 0.1) is 5.75 Å². The number of carbonyl (C=O) groups excluding carboxylic acids is 3. The van der Waals surface area contributed by atoms with Crippen LogP contribution in [0.4, 0.5) is 15.8 Å². The molecule has 8 heteroatoms. The fourth-order valence-corrected chi connectivity index (χ4v) is 5.29. The predicted molar refractivity (Wildman–Crippen MR) is 161 cm³/mol. The van der Waals surface area contributed by atoms with Crippen LogP contribution < -0.4 is 15.5 Å². The van der Waals surface area contributed by atoms with Crippen LogP contribution in [0, 0.1) is 5.82 Å². The van der Waals surface area contributed by atoms with Gasteiger partial charge >= 0.3 is 0 Å². The van der Waals surface area contributed by atoms with Crippen molar-refractivity contribution >= 4 is 46.9 Å². The van der Waals surface area contributed by atoms with Crippen molar-refractivity contribution in [2.75, 3.05) is 22.5 Å². The minimum Gasteiger partial charge on any atom is -0.321 e. The number of benzene rings is 4. The van der Waals surface area contributed by atoms with Crippen molar-refractivity contribution in [1.29, 1.82) is 0 Å². The molecule has 206 valence electrons. The molecule has 4 aromatic rings. The van der Waals surface area contributed by atoms with Crippen molar-refractivity contribution < 1.29 is 18.8 Å². The van der Waals surface area contributed by atoms with Crippen LogP contribution in [0.5, 0.6) is 0 Å². The van der Waals surface area contributed by atoms with E-state index < -0.39 is 17.6 Å². The number of hydrogen-bond donors (Lipinski definition) is 2. The zero-order chi connectivity index (χ0) is 28.6. The summed E-state index contributed by atoms with van der Waals surface area (Å²) < 4.78 is 13.4. The minimum absolute atomic E-state index is 0.0105. The fraction of sp³-hybridized carbons (Fsp3) is 0.121. The summed E-state index contributed by atoms with van der Waals surface area (Å²) in [6.45, 7) is 0.718. The number of anilines is 2. The molecule has 3 amide bonds. The molecule has 5 rings (SSSR count). The molecule has 0 atom stereocenters. The van der Waals surface area contributed by atoms with E-state index in [2.05, 4.69) is 16.7 Å². The average Bonchev–Trinajstić information content (AvgIpc) is 3.01. The van der Waals surface area contributed by atoms with Crippen LogP contribution in [0.2, 0.25) is 0 Å². The molecule has 41 heavy (non-hydrogen) atoms. The zero-order valence-corrected chi connectivity index (χ0v) is 23.0. The van der Waals surface area contributed by atoms with E-state index in [1.54, 1.807) is 42.5 Å². The molecule has 0 saturated carbocycles. The summed E-state index contributed by atoms with van der Waals surface area (Å²) in [4.78, 5) is 41.7. The van der Waals surface area contributed by atoms with Gasteiger partial charge in [0.15, 0.2) is 0 Å². The standard InChI is InChI=1S/C33H28FN3O3S/c34-26-14-12-23(13-15-26)21-29(36-32(39)25-8-2-1-3-9-25)33(40)35-27-16-18-28(19-17-27)41-22-31(38)37-20-6-10-24-7-4-5-11-30(24)37/h1-5,7-9,11-19,21H,6,10,20,22H2,(H,35,40)(H,36,39)/b29-21-. The Morgan fingerprint density at radius 1 is 0.854 bits per heavy atom. The molecule has 0 fully saturated rings. The number of rotatable bonds is 8. The van der Waals surface area contributed by atoms with Crippen molar-refractivity contribution in [3.05, 3.63) is 131 Å². The molecule has 0 spiro atoms. The van der Waals surface area contributed by atoms with E-state index in [1.165, 1.54) is 47.7 Å². The van der Waals surface area contributed by atoms with Crippen LogP contribution in [0.3, 0.4) is 0 Å². The van der Waals surface area contributed by atoms with Gasteiger partial charge in [-0.05, 0) is 84.6 Å². The van der Waals surface area contributed by atoms with Gasteiger partial charge in [0.2, 0.25) is 5.91 Å². The molecule has 1 aliphatic rings. The van der Waals surface area contributed by atoms with Gasteiger partial charge in [-0.15, -0.1) is 11.8 Å². The third-order valence-electron chi connectivity index (χ3n) is 6.60. The molecule has 4 aromatic carbocycles. The lowest BCUT2D eigenvalue weighted by Crippen LogP contribution is -2.36. The van der Waals surface area contributed by atoms with Crippen molar-refractivity contribution in [2.24, 2.45) is 0 Å². The fourth-order valence-electron chi connectivity index (χ4n) is 4.52. The summed E-state index contributed by atoms with van der Waals surface area (Å²) >= 11 is 1.44. The van der Waals surface area contributed by atoms with E-state index in [0.717, 1.165) is 30.0 Å². The smallest absolute Gasteiger partial charge is 0.272 e. The number of fused-ring (bicyclic) bond motifs is 1. The Hall–Kier alpha value is -4.69. The first-order chi connectivity index (χ1) is 20.0. The Morgan fingerprint density at radius 3 is 2.32 bits per heavy atom. The second-order valence-corrected chi connectivity index (χ2v) is 10.5. The normalized spacial score (nSPS) is 12.8. The summed E-state index contributed by atoms with van der Waals surface area (Å²) in [6, 6.07) is 29.4. The maximum absolute atomic E-state index is 13.4. The number of thioether (sulfide) groups is 1. The lowest BCUT2D eigenvalue weighted by atomic mass is 10.0. The molecular weight excluding hydrogens is 537 g/mol. The van der Waals surface area contributed by atoms with Gasteiger partial charge in [0.25, 0.3) is 11.8 Å². The number of aryl methyl sites for hydroxylation is 1. The molecule has 0 aromatic heterocycles. The Kier molecular flexibility index (Phi) is 8.91. The summed E-state index contributed by atoms with van der Waals surface area (Å²) in [5.74, 6) is -1.01. The number of nitrogens with zero attached hydrogens (tertiary/aromatic N) is 1. The van der Waals surface area contributed by atoms with E-state index in [-0.39, 0.29) is 11.6 Å². The molecule has 0 saturated heterocycles. The maximum atomic E-state index is 13.4. The molecule has 0 radical (unpaired) electrons. The van der Waals surface area contributed by atoms with E-state index in [0.29, 0.717) is 22.6 Å². The Labute approximate surface area is 242 Å². The van der Waals surface area contributed by atoms with Crippen LogP contribution in [0.15, 0.2) is 114 Å². The summed E-state index contributed by atoms with van der Waals surface area (Å²) in [5, 5.41) is 5.47. The number of halogens is 1. The van der Waals surface area contributed by atoms with E-state index in [4.69, 9.17) is 0 Å². The Morgan fingerprint density at radius 2 is 1.56 bits per heavy atom. The predicted octanol–water partition coefficient (Wildman–Crippen LogP) is 6.31. The topological polar surface area (TPSA) is 78.5 Å². The lowest BCUT2D eigenvalue weighted by Gasteiger charge is -2.29. The van der Waals surface area contributed by atoms with Gasteiger partial charge in [-0.2, -0.15) is 0 Å². The largest absolute Gasteiger partial charge is 0.321 e. The number of hydrogen-bond acceptors (Lipinski definition) is 4. The minimum atomic E-state index is -0.530. The van der Waals surface area contributed by atoms with Gasteiger partial charge in [-0.3, -0.25) is 14.4 Å². The van der Waals surface area contributed by atoms with Crippen LogP contribution in [-0.4, -0.2) is 30.0 Å². The van der Waals surface area contributed by atoms with Crippen molar-refractivity contribution in [3.8, 4) is 0 Å². The van der Waals surface area contributed by atoms with Gasteiger partial charge in [-0.1, -0.05) is 48.5 Å². The second-order valence-electron chi connectivity index (χ2n) is 9.47. The van der Waals surface area contributed by atoms with Crippen molar-refractivity contribution in [1.82, 2.24) is 5.32 Å². The van der Waals surface area contributed by atoms with Crippen molar-refractivity contribution in [3.63, 3.8) is 0 Å². The highest BCUT2D eigenvalue weighted by molar-refractivity contribution is 8.00. The Balaban J connectivity index is 1.24. The molecule has 0 bridgehead atoms. The van der Waals surface area contributed by atoms with Crippen LogP contribution in [0.1, 0.15) is 27.9 Å². The molecule has 1 heterocycles. The molecule has 0 unspecified atom stereocenters. The van der Waals surface area contributed by atoms with E-state index in [9.17, 15) is 18.8 Å². The molecule has 0 aliphatic carbocycles. The third-order valence-corrected chi connectivity index (χ3v) is 7.59. The van der Waals surface area contributed by atoms with Gasteiger partial charge < -0.3 is 15.5 Å². The first-order valence-electron chi connectivity index (χ1n) is 13.2. The maximum Gasteiger partial charge on any atom is 0.272 e. The van der Waals surface area contributed by atoms with E-state index >= 15 is 0 Å². The van der Waals surface area contributed by atoms with E-state index in [1.807, 2.05) is 35.2 Å². The quantitative estimate of drug-likeness (QED) is 0.194. The lowest BCUT2D eigenvalue weighted by molar-refractivity contribution is -0.116. The highest BCUT2D eigenvalue weighted by Gasteiger charge is 2.22. The van der Waals surface area contributed by atoms with Gasteiger partial charge in [-0.25, -0.2) is 4.39 Å². The monoisotopic (exact) mass is 565 g/mol. The van der Waals surface area contributed by atoms with Crippen LogP contribution in [-0.2, 0) is 16.0 Å². The number of carbonyl (C=O) groups is 3. The number of nitrogens with one attached hydrogen (secondary N) is 2. The number of para-hydroxylation sites is 1. The number of amides is 3. The highest BCUT2D eigenvalue weighted by atomic mass is 32.2. The SMILES string of the molecule is O=C(Nc1ccc(SCC(=O)N2CCCc3ccccc32)cc1)/C(=C/c1ccc(F)cc1)NC(=O)c1ccccc1. The third kappa shape index (κ3) is 7.29. The first kappa shape index (κ1) is 27.9. The van der Waals surface area contributed by atoms with Gasteiger partial charge in [0.1, 0.15) is 11.5 Å². The summed E-state index contributed by atoms with van der Waals surface area (Å²) in [6.07, 6.45) is 3.42. The first-order valence-corrected chi connectivity index (χ1v) is 14.2. The van der Waals surface area contributed by atoms with Crippen molar-refractivity contribution in [2.45, 2.75) is 17.7 Å². The summed E-state index contributed by atoms with van der Waals surface area (Å²) in [7, 11) is 0.